The van der Waals surface area contributed by atoms with E-state index in [1.54, 1.807) is 13.2 Å². The van der Waals surface area contributed by atoms with Crippen LogP contribution in [0.5, 0.6) is 17.2 Å². The van der Waals surface area contributed by atoms with E-state index in [4.69, 9.17) is 19.4 Å². The highest BCUT2D eigenvalue weighted by Gasteiger charge is 2.22. The van der Waals surface area contributed by atoms with Crippen LogP contribution in [0.25, 0.3) is 0 Å². The van der Waals surface area contributed by atoms with Crippen LogP contribution in [0.2, 0.25) is 0 Å². The molecule has 1 heterocycles. The first-order valence-corrected chi connectivity index (χ1v) is 5.59. The van der Waals surface area contributed by atoms with Crippen molar-refractivity contribution in [3.63, 3.8) is 0 Å². The molecule has 1 aromatic rings. The Balaban J connectivity index is 2.54. The topological polar surface area (TPSA) is 60.0 Å². The molecule has 0 unspecified atom stereocenters. The number of benzene rings is 1. The Hall–Kier alpha value is -0.980. The second-order valence-corrected chi connectivity index (χ2v) is 4.08. The Bertz CT molecular complexity index is 397. The number of hydrogen-bond acceptors (Lipinski definition) is 5. The number of ether oxygens (including phenoxy) is 3. The lowest BCUT2D eigenvalue weighted by Gasteiger charge is -2.23. The number of hydrogen-bond donors (Lipinski definition) is 2. The summed E-state index contributed by atoms with van der Waals surface area (Å²) in [5.41, 5.74) is 2.83. The van der Waals surface area contributed by atoms with E-state index in [-0.39, 0.29) is 6.54 Å². The maximum atomic E-state index is 8.81. The Morgan fingerprint density at radius 2 is 2.25 bits per heavy atom. The average Bonchev–Trinajstić information content (AvgIpc) is 2.29. The molecular weight excluding hydrogens is 278 g/mol. The van der Waals surface area contributed by atoms with Crippen molar-refractivity contribution in [2.24, 2.45) is 0 Å². The van der Waals surface area contributed by atoms with Gasteiger partial charge in [-0.25, -0.2) is 5.48 Å². The third-order valence-corrected chi connectivity index (χ3v) is 2.88. The molecule has 0 spiro atoms. The summed E-state index contributed by atoms with van der Waals surface area (Å²) in [4.78, 5) is 0. The molecule has 0 aromatic heterocycles. The van der Waals surface area contributed by atoms with Crippen molar-refractivity contribution in [3.8, 4) is 17.2 Å². The van der Waals surface area contributed by atoms with Gasteiger partial charge in [-0.3, -0.25) is 0 Å². The monoisotopic (exact) mass is 289 g/mol. The summed E-state index contributed by atoms with van der Waals surface area (Å²) in [6.07, 6.45) is 0. The van der Waals surface area contributed by atoms with Crippen molar-refractivity contribution in [1.29, 1.82) is 0 Å². The molecule has 16 heavy (non-hydrogen) atoms. The second-order valence-electron chi connectivity index (χ2n) is 3.23. The van der Waals surface area contributed by atoms with Crippen LogP contribution in [0, 0.1) is 0 Å². The van der Waals surface area contributed by atoms with Gasteiger partial charge in [0.15, 0.2) is 11.5 Å². The minimum atomic E-state index is 0.230. The van der Waals surface area contributed by atoms with Crippen LogP contribution >= 0.6 is 15.9 Å². The molecule has 2 rings (SSSR count). The smallest absolute Gasteiger partial charge is 0.169 e. The Morgan fingerprint density at radius 1 is 1.50 bits per heavy atom. The summed E-state index contributed by atoms with van der Waals surface area (Å²) in [7, 11) is 1.57. The fourth-order valence-electron chi connectivity index (χ4n) is 1.66. The van der Waals surface area contributed by atoms with Gasteiger partial charge in [0, 0.05) is 6.07 Å². The summed E-state index contributed by atoms with van der Waals surface area (Å²) >= 11 is 3.39. The summed E-state index contributed by atoms with van der Waals surface area (Å²) < 4.78 is 17.0. The number of hydroxylamine groups is 1. The fourth-order valence-corrected chi connectivity index (χ4v) is 2.27. The van der Waals surface area contributed by atoms with Crippen molar-refractivity contribution >= 4 is 15.9 Å². The summed E-state index contributed by atoms with van der Waals surface area (Å²) in [5, 5.41) is 8.81. The molecule has 0 atom stereocenters. The highest BCUT2D eigenvalue weighted by Crippen LogP contribution is 2.44. The summed E-state index contributed by atoms with van der Waals surface area (Å²) in [5.74, 6) is 1.91. The lowest BCUT2D eigenvalue weighted by Crippen LogP contribution is -2.19. The molecule has 0 fully saturated rings. The van der Waals surface area contributed by atoms with Gasteiger partial charge in [-0.2, -0.15) is 0 Å². The van der Waals surface area contributed by atoms with Gasteiger partial charge in [0.1, 0.15) is 19.0 Å². The highest BCUT2D eigenvalue weighted by atomic mass is 79.9. The van der Waals surface area contributed by atoms with Crippen LogP contribution < -0.4 is 19.7 Å². The van der Waals surface area contributed by atoms with Gasteiger partial charge in [0.25, 0.3) is 0 Å². The zero-order valence-electron chi connectivity index (χ0n) is 8.75. The van der Waals surface area contributed by atoms with Crippen LogP contribution in [-0.4, -0.2) is 25.5 Å². The predicted octanol–water partition coefficient (Wildman–Crippen LogP) is 1.71. The first-order chi connectivity index (χ1) is 7.77. The van der Waals surface area contributed by atoms with E-state index in [0.29, 0.717) is 30.5 Å². The number of rotatable bonds is 3. The molecule has 1 aromatic carbocycles. The van der Waals surface area contributed by atoms with Gasteiger partial charge in [-0.1, -0.05) is 0 Å². The number of nitrogens with one attached hydrogen (secondary N) is 1. The van der Waals surface area contributed by atoms with Crippen molar-refractivity contribution < 1.29 is 19.4 Å². The molecule has 0 radical (unpaired) electrons. The first kappa shape index (κ1) is 11.5. The zero-order chi connectivity index (χ0) is 11.5. The van der Waals surface area contributed by atoms with Crippen molar-refractivity contribution in [3.05, 3.63) is 16.1 Å². The first-order valence-electron chi connectivity index (χ1n) is 4.80. The van der Waals surface area contributed by atoms with Crippen LogP contribution in [-0.2, 0) is 6.54 Å². The number of fused-ring (bicyclic) bond motifs is 1. The SMILES string of the molecule is COc1c(Br)cc2c(c1CNO)OCCO2. The van der Waals surface area contributed by atoms with Crippen molar-refractivity contribution in [1.82, 2.24) is 5.48 Å². The third kappa shape index (κ3) is 1.95. The Kier molecular flexibility index (Phi) is 3.52. The molecule has 0 amide bonds. The molecule has 0 saturated heterocycles. The van der Waals surface area contributed by atoms with E-state index in [9.17, 15) is 0 Å². The van der Waals surface area contributed by atoms with Crippen LogP contribution in [0.1, 0.15) is 5.56 Å². The Morgan fingerprint density at radius 3 is 2.94 bits per heavy atom. The molecule has 1 aliphatic heterocycles. The van der Waals surface area contributed by atoms with Gasteiger partial charge in [0.2, 0.25) is 0 Å². The van der Waals surface area contributed by atoms with Gasteiger partial charge in [-0.05, 0) is 15.9 Å². The Labute approximate surface area is 101 Å². The normalized spacial score (nSPS) is 13.7. The fraction of sp³-hybridized carbons (Fsp3) is 0.400. The largest absolute Gasteiger partial charge is 0.495 e. The highest BCUT2D eigenvalue weighted by molar-refractivity contribution is 9.10. The zero-order valence-corrected chi connectivity index (χ0v) is 10.3. The lowest BCUT2D eigenvalue weighted by molar-refractivity contribution is 0.148. The number of methoxy groups -OCH3 is 1. The van der Waals surface area contributed by atoms with Gasteiger partial charge < -0.3 is 19.4 Å². The molecule has 0 bridgehead atoms. The second kappa shape index (κ2) is 4.90. The van der Waals surface area contributed by atoms with E-state index in [1.807, 2.05) is 0 Å². The third-order valence-electron chi connectivity index (χ3n) is 2.29. The maximum absolute atomic E-state index is 8.81. The quantitative estimate of drug-likeness (QED) is 0.830. The van der Waals surface area contributed by atoms with E-state index in [2.05, 4.69) is 21.4 Å². The van der Waals surface area contributed by atoms with Crippen LogP contribution in [0.4, 0.5) is 0 Å². The van der Waals surface area contributed by atoms with Crippen LogP contribution in [0.3, 0.4) is 0 Å². The predicted molar refractivity (Wildman–Crippen MR) is 60.3 cm³/mol. The minimum Gasteiger partial charge on any atom is -0.495 e. The van der Waals surface area contributed by atoms with Gasteiger partial charge in [-0.15, -0.1) is 0 Å². The minimum absolute atomic E-state index is 0.230. The number of halogens is 1. The molecule has 1 aliphatic rings. The molecule has 88 valence electrons. The maximum Gasteiger partial charge on any atom is 0.169 e. The average molecular weight is 290 g/mol. The van der Waals surface area contributed by atoms with Crippen molar-refractivity contribution in [2.75, 3.05) is 20.3 Å². The molecule has 0 aliphatic carbocycles. The molecule has 2 N–H and O–H groups in total. The summed E-state index contributed by atoms with van der Waals surface area (Å²) in [6, 6.07) is 1.80. The van der Waals surface area contributed by atoms with Gasteiger partial charge in [0.05, 0.1) is 23.7 Å². The molecule has 6 heteroatoms. The van der Waals surface area contributed by atoms with Crippen LogP contribution in [0.15, 0.2) is 10.5 Å². The molecular formula is C10H12BrNO4. The molecule has 5 nitrogen and oxygen atoms in total. The summed E-state index contributed by atoms with van der Waals surface area (Å²) in [6.45, 7) is 1.25. The van der Waals surface area contributed by atoms with E-state index < -0.39 is 0 Å². The standard InChI is InChI=1S/C10H12BrNO4/c1-14-9-6(5-12-13)10-8(4-7(9)11)15-2-3-16-10/h4,12-13H,2-3,5H2,1H3. The van der Waals surface area contributed by atoms with Crippen molar-refractivity contribution in [2.45, 2.75) is 6.54 Å². The van der Waals surface area contributed by atoms with E-state index >= 15 is 0 Å². The lowest BCUT2D eigenvalue weighted by atomic mass is 10.1. The van der Waals surface area contributed by atoms with Gasteiger partial charge >= 0.3 is 0 Å². The van der Waals surface area contributed by atoms with E-state index in [0.717, 1.165) is 10.0 Å². The van der Waals surface area contributed by atoms with E-state index in [1.165, 1.54) is 0 Å². The molecule has 0 saturated carbocycles.